The Hall–Kier alpha value is -2.68. The van der Waals surface area contributed by atoms with Gasteiger partial charge in [0, 0.05) is 32.1 Å². The molecule has 1 fully saturated rings. The van der Waals surface area contributed by atoms with Crippen LogP contribution in [-0.2, 0) is 41.7 Å². The van der Waals surface area contributed by atoms with E-state index in [1.807, 2.05) is 18.2 Å². The highest BCUT2D eigenvalue weighted by Crippen LogP contribution is 2.19. The standard InChI is InChI=1S/C42H68NO7/c1-9-43-22-12-17-37(28-43)29-49-42(45)50-31-39-26-36(8)25-38(27-39)30-48-40(44)18-19-41(46-23-20-34(6)15-10-13-32(2)3)47-24-21-35(7)16-11-14-33(4)5/h13-14,25-27,34-35,37,41H,8-12,15-24,28-31H2,1-7H3. The lowest BCUT2D eigenvalue weighted by atomic mass is 9.99. The van der Waals surface area contributed by atoms with Gasteiger partial charge in [-0.25, -0.2) is 4.79 Å². The van der Waals surface area contributed by atoms with Gasteiger partial charge in [0.25, 0.3) is 0 Å². The molecule has 283 valence electrons. The number of hydrogen-bond acceptors (Lipinski definition) is 8. The average molecular weight is 699 g/mol. The highest BCUT2D eigenvalue weighted by atomic mass is 16.7. The number of hydrogen-bond donors (Lipinski definition) is 0. The molecule has 1 aliphatic heterocycles. The van der Waals surface area contributed by atoms with Crippen molar-refractivity contribution >= 4 is 12.1 Å². The van der Waals surface area contributed by atoms with Gasteiger partial charge in [0.2, 0.25) is 0 Å². The maximum absolute atomic E-state index is 12.8. The molecule has 0 aromatic heterocycles. The van der Waals surface area contributed by atoms with E-state index in [0.717, 1.165) is 87.7 Å². The minimum atomic E-state index is -0.670. The number of nitrogens with zero attached hydrogens (tertiary/aromatic N) is 1. The van der Waals surface area contributed by atoms with Crippen LogP contribution in [0.4, 0.5) is 4.79 Å². The molecule has 0 N–H and O–H groups in total. The second-order valence-corrected chi connectivity index (χ2v) is 14.8. The Bertz CT molecular complexity index is 1140. The van der Waals surface area contributed by atoms with E-state index in [-0.39, 0.29) is 25.6 Å². The van der Waals surface area contributed by atoms with E-state index < -0.39 is 12.4 Å². The maximum atomic E-state index is 12.8. The number of esters is 1. The molecule has 1 heterocycles. The summed E-state index contributed by atoms with van der Waals surface area (Å²) in [7, 11) is 0. The number of ether oxygens (including phenoxy) is 5. The topological polar surface area (TPSA) is 83.5 Å². The Morgan fingerprint density at radius 2 is 1.42 bits per heavy atom. The number of carbonyl (C=O) groups excluding carboxylic acids is 2. The first-order chi connectivity index (χ1) is 23.9. The van der Waals surface area contributed by atoms with Crippen LogP contribution in [0.5, 0.6) is 0 Å². The van der Waals surface area contributed by atoms with Crippen molar-refractivity contribution < 1.29 is 33.3 Å². The van der Waals surface area contributed by atoms with Crippen LogP contribution in [0.3, 0.4) is 0 Å². The summed E-state index contributed by atoms with van der Waals surface area (Å²) >= 11 is 0. The summed E-state index contributed by atoms with van der Waals surface area (Å²) in [6, 6.07) is 5.58. The first-order valence-electron chi connectivity index (χ1n) is 19.1. The third-order valence-electron chi connectivity index (χ3n) is 9.19. The molecule has 1 aromatic rings. The second-order valence-electron chi connectivity index (χ2n) is 14.8. The molecule has 2 rings (SSSR count). The van der Waals surface area contributed by atoms with Gasteiger partial charge in [-0.05, 0) is 134 Å². The van der Waals surface area contributed by atoms with Crippen molar-refractivity contribution in [2.75, 3.05) is 39.5 Å². The molecule has 0 bridgehead atoms. The van der Waals surface area contributed by atoms with Gasteiger partial charge < -0.3 is 28.6 Å². The summed E-state index contributed by atoms with van der Waals surface area (Å²) in [6.45, 7) is 24.0. The SMILES string of the molecule is [CH2]c1cc(COC(=O)CCC(OCCC(C)CCC=C(C)C)OCCC(C)CCC=C(C)C)cc(COC(=O)OCC2CCCN(CC)C2)c1. The number of benzene rings is 1. The molecule has 3 atom stereocenters. The van der Waals surface area contributed by atoms with Crippen molar-refractivity contribution in [3.63, 3.8) is 0 Å². The quantitative estimate of drug-likeness (QED) is 0.0600. The Morgan fingerprint density at radius 1 is 0.840 bits per heavy atom. The van der Waals surface area contributed by atoms with Gasteiger partial charge in [0.1, 0.15) is 13.2 Å². The second kappa shape index (κ2) is 25.3. The first kappa shape index (κ1) is 43.5. The molecule has 0 saturated carbocycles. The molecule has 1 aromatic carbocycles. The predicted octanol–water partition coefficient (Wildman–Crippen LogP) is 9.98. The molecular formula is C42H68NO7. The molecule has 8 nitrogen and oxygen atoms in total. The monoisotopic (exact) mass is 698 g/mol. The fraction of sp³-hybridized carbons (Fsp3) is 0.690. The van der Waals surface area contributed by atoms with Crippen molar-refractivity contribution in [3.05, 3.63) is 65.1 Å². The Balaban J connectivity index is 1.80. The van der Waals surface area contributed by atoms with Crippen molar-refractivity contribution in [1.29, 1.82) is 0 Å². The third kappa shape index (κ3) is 20.9. The van der Waals surface area contributed by atoms with Crippen molar-refractivity contribution in [2.45, 2.75) is 132 Å². The Kier molecular flexibility index (Phi) is 22.0. The smallest absolute Gasteiger partial charge is 0.461 e. The lowest BCUT2D eigenvalue weighted by Crippen LogP contribution is -2.37. The van der Waals surface area contributed by atoms with Gasteiger partial charge in [-0.1, -0.05) is 56.2 Å². The van der Waals surface area contributed by atoms with Crippen LogP contribution in [0.25, 0.3) is 0 Å². The van der Waals surface area contributed by atoms with Crippen LogP contribution in [0.2, 0.25) is 0 Å². The fourth-order valence-electron chi connectivity index (χ4n) is 6.04. The van der Waals surface area contributed by atoms with Gasteiger partial charge >= 0.3 is 12.1 Å². The van der Waals surface area contributed by atoms with Crippen LogP contribution >= 0.6 is 0 Å². The summed E-state index contributed by atoms with van der Waals surface area (Å²) in [5.74, 6) is 1.12. The van der Waals surface area contributed by atoms with Crippen molar-refractivity contribution in [1.82, 2.24) is 4.90 Å². The van der Waals surface area contributed by atoms with Crippen LogP contribution in [0.1, 0.15) is 129 Å². The molecule has 1 saturated heterocycles. The predicted molar refractivity (Wildman–Crippen MR) is 201 cm³/mol. The average Bonchev–Trinajstić information content (AvgIpc) is 3.07. The van der Waals surface area contributed by atoms with Crippen LogP contribution in [0, 0.1) is 24.7 Å². The third-order valence-corrected chi connectivity index (χ3v) is 9.19. The summed E-state index contributed by atoms with van der Waals surface area (Å²) in [6.07, 6.45) is 12.6. The number of allylic oxidation sites excluding steroid dienone is 4. The van der Waals surface area contributed by atoms with Gasteiger partial charge in [0.05, 0.1) is 13.0 Å². The number of carbonyl (C=O) groups is 2. The summed E-state index contributed by atoms with van der Waals surface area (Å²) < 4.78 is 28.7. The fourth-order valence-corrected chi connectivity index (χ4v) is 6.04. The molecule has 3 unspecified atom stereocenters. The minimum absolute atomic E-state index is 0.0619. The molecule has 0 aliphatic carbocycles. The van der Waals surface area contributed by atoms with E-state index in [9.17, 15) is 9.59 Å². The zero-order chi connectivity index (χ0) is 36.7. The molecule has 0 amide bonds. The normalized spacial score (nSPS) is 16.6. The lowest BCUT2D eigenvalue weighted by molar-refractivity contribution is -0.161. The molecular weight excluding hydrogens is 630 g/mol. The summed E-state index contributed by atoms with van der Waals surface area (Å²) in [5.41, 5.74) is 5.00. The first-order valence-corrected chi connectivity index (χ1v) is 19.1. The van der Waals surface area contributed by atoms with E-state index >= 15 is 0 Å². The number of likely N-dealkylation sites (tertiary alicyclic amines) is 1. The van der Waals surface area contributed by atoms with Crippen LogP contribution in [0.15, 0.2) is 41.5 Å². The summed E-state index contributed by atoms with van der Waals surface area (Å²) in [4.78, 5) is 27.5. The Labute approximate surface area is 304 Å². The highest BCUT2D eigenvalue weighted by Gasteiger charge is 2.21. The molecule has 8 heteroatoms. The molecule has 1 aliphatic rings. The zero-order valence-electron chi connectivity index (χ0n) is 32.4. The van der Waals surface area contributed by atoms with E-state index in [2.05, 4.69) is 72.4 Å². The van der Waals surface area contributed by atoms with Crippen LogP contribution < -0.4 is 0 Å². The zero-order valence-corrected chi connectivity index (χ0v) is 32.4. The minimum Gasteiger partial charge on any atom is -0.461 e. The van der Waals surface area contributed by atoms with E-state index in [4.69, 9.17) is 23.7 Å². The largest absolute Gasteiger partial charge is 0.508 e. The number of rotatable bonds is 24. The molecule has 50 heavy (non-hydrogen) atoms. The Morgan fingerprint density at radius 3 is 1.98 bits per heavy atom. The highest BCUT2D eigenvalue weighted by molar-refractivity contribution is 5.69. The van der Waals surface area contributed by atoms with E-state index in [1.54, 1.807) is 0 Å². The summed E-state index contributed by atoms with van der Waals surface area (Å²) in [5, 5.41) is 0. The van der Waals surface area contributed by atoms with Gasteiger partial charge in [-0.15, -0.1) is 0 Å². The van der Waals surface area contributed by atoms with Gasteiger partial charge in [-0.2, -0.15) is 0 Å². The lowest BCUT2D eigenvalue weighted by Gasteiger charge is -2.31. The van der Waals surface area contributed by atoms with Gasteiger partial charge in [0.15, 0.2) is 6.29 Å². The van der Waals surface area contributed by atoms with Crippen molar-refractivity contribution in [2.24, 2.45) is 17.8 Å². The number of piperidine rings is 1. The van der Waals surface area contributed by atoms with Crippen molar-refractivity contribution in [3.8, 4) is 0 Å². The molecule has 1 radical (unpaired) electrons. The van der Waals surface area contributed by atoms with E-state index in [0.29, 0.717) is 44.0 Å². The van der Waals surface area contributed by atoms with Crippen LogP contribution in [-0.4, -0.2) is 62.8 Å². The molecule has 0 spiro atoms. The maximum Gasteiger partial charge on any atom is 0.508 e. The van der Waals surface area contributed by atoms with E-state index in [1.165, 1.54) is 11.1 Å². The van der Waals surface area contributed by atoms with Gasteiger partial charge in [-0.3, -0.25) is 4.79 Å².